The number of carbonyl (C=O) groups excluding carboxylic acids is 1. The fourth-order valence-corrected chi connectivity index (χ4v) is 3.40. The van der Waals surface area contributed by atoms with Crippen LogP contribution in [0.4, 0.5) is 0 Å². The quantitative estimate of drug-likeness (QED) is 0.514. The molecule has 22 heavy (non-hydrogen) atoms. The summed E-state index contributed by atoms with van der Waals surface area (Å²) in [5.74, 6) is 0.0862. The Morgan fingerprint density at radius 3 is 1.91 bits per heavy atom. The molecule has 1 rings (SSSR count). The van der Waals surface area contributed by atoms with Crippen LogP contribution in [0.5, 0.6) is 0 Å². The molecule has 130 valence electrons. The first-order chi connectivity index (χ1) is 10.7. The number of carbonyl (C=O) groups is 1. The first kappa shape index (κ1) is 19.5. The number of hydrogen-bond acceptors (Lipinski definition) is 2. The number of rotatable bonds is 12. The van der Waals surface area contributed by atoms with Crippen LogP contribution in [0, 0.1) is 0 Å². The maximum Gasteiger partial charge on any atom is 0.240 e. The van der Waals surface area contributed by atoms with Crippen molar-refractivity contribution >= 4 is 5.91 Å². The molecule has 0 aromatic rings. The maximum atomic E-state index is 12.1. The van der Waals surface area contributed by atoms with Crippen molar-refractivity contribution in [1.29, 1.82) is 0 Å². The van der Waals surface area contributed by atoms with E-state index in [0.29, 0.717) is 0 Å². The van der Waals surface area contributed by atoms with Gasteiger partial charge in [0.1, 0.15) is 0 Å². The number of amides is 1. The number of nitrogens with two attached hydrogens (primary N) is 1. The number of hydrogen-bond donors (Lipinski definition) is 2. The molecule has 1 aliphatic rings. The van der Waals surface area contributed by atoms with Crippen LogP contribution in [-0.2, 0) is 4.79 Å². The Bertz CT molecular complexity index is 285. The van der Waals surface area contributed by atoms with Crippen LogP contribution in [0.3, 0.4) is 0 Å². The van der Waals surface area contributed by atoms with Gasteiger partial charge in [0.2, 0.25) is 5.91 Å². The Labute approximate surface area is 137 Å². The van der Waals surface area contributed by atoms with E-state index in [-0.39, 0.29) is 5.91 Å². The van der Waals surface area contributed by atoms with E-state index in [4.69, 9.17) is 5.73 Å². The smallest absolute Gasteiger partial charge is 0.240 e. The SMILES string of the molecule is CCCCCCCCCCCCNC(=O)C1(N)CCCCC1. The molecule has 0 aromatic carbocycles. The van der Waals surface area contributed by atoms with Gasteiger partial charge in [-0.25, -0.2) is 0 Å². The van der Waals surface area contributed by atoms with Gasteiger partial charge in [-0.05, 0) is 19.3 Å². The molecule has 3 nitrogen and oxygen atoms in total. The van der Waals surface area contributed by atoms with Crippen LogP contribution in [0.1, 0.15) is 103 Å². The van der Waals surface area contributed by atoms with Gasteiger partial charge in [-0.1, -0.05) is 84.0 Å². The van der Waals surface area contributed by atoms with Crippen molar-refractivity contribution < 1.29 is 4.79 Å². The molecule has 0 heterocycles. The molecular weight excluding hydrogens is 272 g/mol. The molecule has 0 unspecified atom stereocenters. The molecule has 1 aliphatic carbocycles. The van der Waals surface area contributed by atoms with Gasteiger partial charge in [0.25, 0.3) is 0 Å². The average molecular weight is 311 g/mol. The summed E-state index contributed by atoms with van der Waals surface area (Å²) < 4.78 is 0. The highest BCUT2D eigenvalue weighted by atomic mass is 16.2. The van der Waals surface area contributed by atoms with E-state index in [9.17, 15) is 4.79 Å². The molecule has 0 aromatic heterocycles. The van der Waals surface area contributed by atoms with Crippen molar-refractivity contribution in [3.05, 3.63) is 0 Å². The summed E-state index contributed by atoms with van der Waals surface area (Å²) in [5.41, 5.74) is 5.65. The van der Waals surface area contributed by atoms with E-state index in [0.717, 1.165) is 38.6 Å². The average Bonchev–Trinajstić information content (AvgIpc) is 2.53. The Balaban J connectivity index is 1.89. The van der Waals surface area contributed by atoms with E-state index in [2.05, 4.69) is 12.2 Å². The monoisotopic (exact) mass is 310 g/mol. The largest absolute Gasteiger partial charge is 0.355 e. The Morgan fingerprint density at radius 1 is 0.864 bits per heavy atom. The fourth-order valence-electron chi connectivity index (χ4n) is 3.40. The predicted octanol–water partition coefficient (Wildman–Crippen LogP) is 4.69. The van der Waals surface area contributed by atoms with Gasteiger partial charge in [0.15, 0.2) is 0 Å². The minimum atomic E-state index is -0.573. The van der Waals surface area contributed by atoms with Crippen LogP contribution in [-0.4, -0.2) is 18.0 Å². The lowest BCUT2D eigenvalue weighted by Gasteiger charge is -2.31. The lowest BCUT2D eigenvalue weighted by Crippen LogP contribution is -2.55. The minimum absolute atomic E-state index is 0.0862. The van der Waals surface area contributed by atoms with E-state index in [1.807, 2.05) is 0 Å². The molecule has 0 aliphatic heterocycles. The summed E-state index contributed by atoms with van der Waals surface area (Å²) in [7, 11) is 0. The summed E-state index contributed by atoms with van der Waals surface area (Å²) in [6.07, 6.45) is 18.4. The van der Waals surface area contributed by atoms with Crippen molar-refractivity contribution in [2.24, 2.45) is 5.73 Å². The van der Waals surface area contributed by atoms with Crippen LogP contribution < -0.4 is 11.1 Å². The third-order valence-corrected chi connectivity index (χ3v) is 5.01. The Hall–Kier alpha value is -0.570. The number of unbranched alkanes of at least 4 members (excludes halogenated alkanes) is 9. The second-order valence-electron chi connectivity index (χ2n) is 7.15. The standard InChI is InChI=1S/C19H38N2O/c1-2-3-4-5-6-7-8-9-10-14-17-21-18(22)19(20)15-12-11-13-16-19/h2-17,20H2,1H3,(H,21,22). The third-order valence-electron chi connectivity index (χ3n) is 5.01. The lowest BCUT2D eigenvalue weighted by molar-refractivity contribution is -0.127. The molecule has 0 radical (unpaired) electrons. The van der Waals surface area contributed by atoms with Crippen LogP contribution in [0.15, 0.2) is 0 Å². The first-order valence-corrected chi connectivity index (χ1v) is 9.76. The van der Waals surface area contributed by atoms with Gasteiger partial charge in [-0.2, -0.15) is 0 Å². The highest BCUT2D eigenvalue weighted by Gasteiger charge is 2.34. The molecule has 0 saturated heterocycles. The van der Waals surface area contributed by atoms with E-state index >= 15 is 0 Å². The van der Waals surface area contributed by atoms with Crippen molar-refractivity contribution in [2.45, 2.75) is 109 Å². The van der Waals surface area contributed by atoms with Crippen molar-refractivity contribution in [3.63, 3.8) is 0 Å². The summed E-state index contributed by atoms with van der Waals surface area (Å²) in [6, 6.07) is 0. The van der Waals surface area contributed by atoms with Gasteiger partial charge < -0.3 is 11.1 Å². The van der Waals surface area contributed by atoms with Crippen LogP contribution in [0.2, 0.25) is 0 Å². The predicted molar refractivity (Wildman–Crippen MR) is 94.9 cm³/mol. The van der Waals surface area contributed by atoms with Crippen LogP contribution >= 0.6 is 0 Å². The summed E-state index contributed by atoms with van der Waals surface area (Å²) >= 11 is 0. The molecule has 1 fully saturated rings. The molecule has 0 atom stereocenters. The van der Waals surface area contributed by atoms with Gasteiger partial charge in [0, 0.05) is 6.54 Å². The van der Waals surface area contributed by atoms with E-state index < -0.39 is 5.54 Å². The highest BCUT2D eigenvalue weighted by molar-refractivity contribution is 5.86. The van der Waals surface area contributed by atoms with E-state index in [1.165, 1.54) is 64.2 Å². The highest BCUT2D eigenvalue weighted by Crippen LogP contribution is 2.25. The summed E-state index contributed by atoms with van der Waals surface area (Å²) in [5, 5.41) is 3.05. The number of nitrogens with one attached hydrogen (secondary N) is 1. The molecule has 1 saturated carbocycles. The van der Waals surface area contributed by atoms with Crippen molar-refractivity contribution in [2.75, 3.05) is 6.54 Å². The minimum Gasteiger partial charge on any atom is -0.355 e. The molecule has 0 bridgehead atoms. The maximum absolute atomic E-state index is 12.1. The Kier molecular flexibility index (Phi) is 10.6. The molecule has 1 amide bonds. The fraction of sp³-hybridized carbons (Fsp3) is 0.947. The van der Waals surface area contributed by atoms with E-state index in [1.54, 1.807) is 0 Å². The molecule has 3 N–H and O–H groups in total. The van der Waals surface area contributed by atoms with Crippen molar-refractivity contribution in [1.82, 2.24) is 5.32 Å². The van der Waals surface area contributed by atoms with Crippen LogP contribution in [0.25, 0.3) is 0 Å². The molecule has 0 spiro atoms. The third kappa shape index (κ3) is 8.17. The molecular formula is C19H38N2O. The van der Waals surface area contributed by atoms with Crippen molar-refractivity contribution in [3.8, 4) is 0 Å². The van der Waals surface area contributed by atoms with Gasteiger partial charge >= 0.3 is 0 Å². The second-order valence-corrected chi connectivity index (χ2v) is 7.15. The zero-order valence-corrected chi connectivity index (χ0v) is 14.8. The zero-order chi connectivity index (χ0) is 16.1. The zero-order valence-electron chi connectivity index (χ0n) is 14.8. The van der Waals surface area contributed by atoms with Gasteiger partial charge in [0.05, 0.1) is 5.54 Å². The summed E-state index contributed by atoms with van der Waals surface area (Å²) in [6.45, 7) is 3.06. The van der Waals surface area contributed by atoms with Gasteiger partial charge in [-0.15, -0.1) is 0 Å². The molecule has 3 heteroatoms. The topological polar surface area (TPSA) is 55.1 Å². The second kappa shape index (κ2) is 11.9. The normalized spacial score (nSPS) is 17.4. The summed E-state index contributed by atoms with van der Waals surface area (Å²) in [4.78, 5) is 12.1. The Morgan fingerprint density at radius 2 is 1.36 bits per heavy atom. The lowest BCUT2D eigenvalue weighted by atomic mass is 9.82. The first-order valence-electron chi connectivity index (χ1n) is 9.76. The van der Waals surface area contributed by atoms with Gasteiger partial charge in [-0.3, -0.25) is 4.79 Å².